The van der Waals surface area contributed by atoms with Crippen LogP contribution in [0.3, 0.4) is 0 Å². The molecule has 3 unspecified atom stereocenters. The largest absolute Gasteiger partial charge is 0.480 e. The highest BCUT2D eigenvalue weighted by Crippen LogP contribution is 2.32. The van der Waals surface area contributed by atoms with Crippen LogP contribution in [0.4, 0.5) is 0 Å². The summed E-state index contributed by atoms with van der Waals surface area (Å²) in [6, 6.07) is 8.59. The van der Waals surface area contributed by atoms with Crippen LogP contribution in [-0.4, -0.2) is 99.8 Å². The van der Waals surface area contributed by atoms with E-state index in [4.69, 9.17) is 9.31 Å². The number of carbonyl (C=O) groups is 3. The van der Waals surface area contributed by atoms with Gasteiger partial charge in [0, 0.05) is 60.3 Å². The molecule has 3 rings (SSSR count). The highest BCUT2D eigenvalue weighted by Gasteiger charge is 2.35. The summed E-state index contributed by atoms with van der Waals surface area (Å²) in [6.45, 7) is 7.06. The van der Waals surface area contributed by atoms with Crippen LogP contribution < -0.4 is 16.0 Å². The van der Waals surface area contributed by atoms with E-state index in [-0.39, 0.29) is 36.3 Å². The summed E-state index contributed by atoms with van der Waals surface area (Å²) in [5.41, 5.74) is -0.0871. The molecule has 17 heteroatoms. The Hall–Kier alpha value is -2.77. The van der Waals surface area contributed by atoms with Crippen LogP contribution >= 0.6 is 16.8 Å². The van der Waals surface area contributed by atoms with E-state index in [1.807, 2.05) is 30.3 Å². The Kier molecular flexibility index (Phi) is 17.5. The molecule has 0 spiro atoms. The predicted octanol–water partition coefficient (Wildman–Crippen LogP) is 1.74. The van der Waals surface area contributed by atoms with E-state index < -0.39 is 47.4 Å². The molecule has 3 amide bonds. The number of amides is 3. The molecule has 1 aliphatic heterocycles. The molecule has 0 aliphatic carbocycles. The van der Waals surface area contributed by atoms with Crippen molar-refractivity contribution < 1.29 is 38.0 Å². The maximum absolute atomic E-state index is 13.8. The molecular weight excluding hydrogens is 645 g/mol. The molecule has 258 valence electrons. The average molecular weight is 693 g/mol. The Labute approximate surface area is 279 Å². The van der Waals surface area contributed by atoms with Gasteiger partial charge in [-0.25, -0.2) is 4.98 Å². The second-order valence-corrected chi connectivity index (χ2v) is 14.4. The Balaban J connectivity index is 1.58. The Morgan fingerprint density at radius 2 is 1.77 bits per heavy atom. The van der Waals surface area contributed by atoms with Crippen molar-refractivity contribution >= 4 is 41.7 Å². The first kappa shape index (κ1) is 38.7. The standard InChI is InChI=1S/C30H47BN6O8P2/c1-22(2)19-26(35-28(39)24(20-23-9-4-3-5-10-23)34-29(40)25-21-32-12-13-33-25)31-44-17-7-15-37(16-8-18-45-31)14-6-11-27(38)36-30(46-41)47(42)43/h3-5,9-10,12-13,21-22,24,26,30,41,46-47H,6-8,11,14-20H2,1-2H3,(H,34,40)(H,35,39)(H,36,38)(H,42,43)/t24-,26-,30?/m1/s1. The SMILES string of the molecule is CC(C)C[C@@H](NC(=O)[C@@H](Cc1ccccc1)NC(=O)c1cnccn1)B1OCCCN(CCCC(=O)NC(PO)[PH](=O)O)CCCO1. The predicted molar refractivity (Wildman–Crippen MR) is 181 cm³/mol. The van der Waals surface area contributed by atoms with Crippen molar-refractivity contribution in [1.82, 2.24) is 30.8 Å². The third-order valence-corrected chi connectivity index (χ3v) is 9.61. The van der Waals surface area contributed by atoms with Crippen LogP contribution in [0.5, 0.6) is 0 Å². The van der Waals surface area contributed by atoms with Crippen LogP contribution in [0.15, 0.2) is 48.9 Å². The van der Waals surface area contributed by atoms with Gasteiger partial charge in [-0.15, -0.1) is 0 Å². The van der Waals surface area contributed by atoms with Gasteiger partial charge in [0.2, 0.25) is 19.8 Å². The molecule has 1 saturated heterocycles. The number of benzene rings is 1. The number of aromatic nitrogens is 2. The Morgan fingerprint density at radius 1 is 1.06 bits per heavy atom. The molecule has 47 heavy (non-hydrogen) atoms. The first-order valence-corrected chi connectivity index (χ1v) is 18.4. The number of nitrogens with zero attached hydrogens (tertiary/aromatic N) is 3. The van der Waals surface area contributed by atoms with E-state index in [1.165, 1.54) is 18.6 Å². The first-order valence-electron chi connectivity index (χ1n) is 15.9. The van der Waals surface area contributed by atoms with Crippen molar-refractivity contribution in [3.8, 4) is 0 Å². The van der Waals surface area contributed by atoms with Crippen LogP contribution in [0, 0.1) is 5.92 Å². The van der Waals surface area contributed by atoms with Gasteiger partial charge in [-0.3, -0.25) is 23.9 Å². The van der Waals surface area contributed by atoms with Gasteiger partial charge < -0.3 is 39.9 Å². The number of carbonyl (C=O) groups excluding carboxylic acids is 3. The second kappa shape index (κ2) is 21.3. The highest BCUT2D eigenvalue weighted by atomic mass is 31.2. The van der Waals surface area contributed by atoms with E-state index >= 15 is 0 Å². The number of nitrogens with one attached hydrogen (secondary N) is 3. The Morgan fingerprint density at radius 3 is 2.36 bits per heavy atom. The molecule has 5 atom stereocenters. The molecule has 5 N–H and O–H groups in total. The van der Waals surface area contributed by atoms with E-state index in [1.54, 1.807) is 0 Å². The summed E-state index contributed by atoms with van der Waals surface area (Å²) < 4.78 is 23.6. The molecule has 0 radical (unpaired) electrons. The maximum atomic E-state index is 13.8. The minimum atomic E-state index is -3.04. The fourth-order valence-corrected chi connectivity index (χ4v) is 6.13. The average Bonchev–Trinajstić information content (AvgIpc) is 3.06. The Bertz CT molecular complexity index is 1260. The summed E-state index contributed by atoms with van der Waals surface area (Å²) in [5.74, 6) is -1.45. The van der Waals surface area contributed by atoms with E-state index in [2.05, 4.69) is 44.7 Å². The lowest BCUT2D eigenvalue weighted by atomic mass is 9.73. The van der Waals surface area contributed by atoms with Crippen molar-refractivity contribution in [2.75, 3.05) is 32.8 Å². The van der Waals surface area contributed by atoms with E-state index in [0.29, 0.717) is 45.4 Å². The topological polar surface area (TPSA) is 192 Å². The van der Waals surface area contributed by atoms with Crippen molar-refractivity contribution in [1.29, 1.82) is 0 Å². The molecule has 0 bridgehead atoms. The first-order chi connectivity index (χ1) is 22.7. The number of hydrogen-bond acceptors (Lipinski definition) is 10. The molecule has 1 aliphatic rings. The van der Waals surface area contributed by atoms with Crippen LogP contribution in [0.2, 0.25) is 0 Å². The quantitative estimate of drug-likeness (QED) is 0.127. The van der Waals surface area contributed by atoms with Crippen molar-refractivity contribution in [3.63, 3.8) is 0 Å². The lowest BCUT2D eigenvalue weighted by Crippen LogP contribution is -2.56. The molecule has 2 aromatic rings. The van der Waals surface area contributed by atoms with Gasteiger partial charge in [-0.1, -0.05) is 44.2 Å². The fourth-order valence-electron chi connectivity index (χ4n) is 5.17. The van der Waals surface area contributed by atoms with Crippen molar-refractivity contribution in [2.45, 2.75) is 69.9 Å². The van der Waals surface area contributed by atoms with Gasteiger partial charge >= 0.3 is 7.12 Å². The van der Waals surface area contributed by atoms with Gasteiger partial charge in [0.1, 0.15) is 17.3 Å². The zero-order chi connectivity index (χ0) is 34.0. The molecule has 2 heterocycles. The molecular formula is C30H47BN6O8P2. The molecule has 14 nitrogen and oxygen atoms in total. The van der Waals surface area contributed by atoms with Gasteiger partial charge in [0.05, 0.1) is 12.1 Å². The third kappa shape index (κ3) is 14.5. The van der Waals surface area contributed by atoms with Gasteiger partial charge in [0.15, 0.2) is 0 Å². The number of rotatable bonds is 16. The smallest absolute Gasteiger partial charge is 0.410 e. The number of hydrogen-bond donors (Lipinski definition) is 5. The molecule has 1 aromatic carbocycles. The van der Waals surface area contributed by atoms with Crippen LogP contribution in [-0.2, 0) is 29.9 Å². The monoisotopic (exact) mass is 692 g/mol. The van der Waals surface area contributed by atoms with Gasteiger partial charge in [-0.05, 0) is 43.7 Å². The summed E-state index contributed by atoms with van der Waals surface area (Å²) in [7, 11) is -4.54. The summed E-state index contributed by atoms with van der Waals surface area (Å²) in [4.78, 5) is 67.5. The minimum absolute atomic E-state index is 0.115. The zero-order valence-electron chi connectivity index (χ0n) is 27.0. The van der Waals surface area contributed by atoms with Crippen LogP contribution in [0.1, 0.15) is 62.0 Å². The molecule has 1 fully saturated rings. The maximum Gasteiger partial charge on any atom is 0.480 e. The fraction of sp³-hybridized carbons (Fsp3) is 0.567. The normalized spacial score (nSPS) is 17.5. The summed E-state index contributed by atoms with van der Waals surface area (Å²) >= 11 is 0. The summed E-state index contributed by atoms with van der Waals surface area (Å²) in [6.07, 6.45) is 7.29. The van der Waals surface area contributed by atoms with Crippen molar-refractivity contribution in [3.05, 3.63) is 60.2 Å². The zero-order valence-corrected chi connectivity index (χ0v) is 29.0. The molecule has 1 aromatic heterocycles. The highest BCUT2D eigenvalue weighted by molar-refractivity contribution is 7.54. The summed E-state index contributed by atoms with van der Waals surface area (Å²) in [5, 5.41) is 8.36. The molecule has 0 saturated carbocycles. The van der Waals surface area contributed by atoms with Crippen LogP contribution in [0.25, 0.3) is 0 Å². The minimum Gasteiger partial charge on any atom is -0.410 e. The van der Waals surface area contributed by atoms with Gasteiger partial charge in [-0.2, -0.15) is 0 Å². The lowest BCUT2D eigenvalue weighted by Gasteiger charge is -2.30. The van der Waals surface area contributed by atoms with E-state index in [0.717, 1.165) is 18.7 Å². The lowest BCUT2D eigenvalue weighted by molar-refractivity contribution is -0.123. The third-order valence-electron chi connectivity index (χ3n) is 7.44. The van der Waals surface area contributed by atoms with Gasteiger partial charge in [0.25, 0.3) is 5.91 Å². The van der Waals surface area contributed by atoms with E-state index in [9.17, 15) is 28.7 Å². The second-order valence-electron chi connectivity index (χ2n) is 11.8. The van der Waals surface area contributed by atoms with Crippen molar-refractivity contribution in [2.24, 2.45) is 5.92 Å².